The molecule has 50 heavy (non-hydrogen) atoms. The predicted molar refractivity (Wildman–Crippen MR) is 196 cm³/mol. The number of aromatic nitrogens is 1. The van der Waals surface area contributed by atoms with E-state index in [1.54, 1.807) is 20.0 Å². The summed E-state index contributed by atoms with van der Waals surface area (Å²) >= 11 is 0. The van der Waals surface area contributed by atoms with E-state index in [0.717, 1.165) is 44.2 Å². The normalized spacial score (nSPS) is 41.0. The van der Waals surface area contributed by atoms with Crippen LogP contribution in [0.25, 0.3) is 0 Å². The van der Waals surface area contributed by atoms with E-state index in [2.05, 4.69) is 58.4 Å². The maximum atomic E-state index is 14.0. The third kappa shape index (κ3) is 5.75. The van der Waals surface area contributed by atoms with Gasteiger partial charge in [-0.25, -0.2) is 0 Å². The van der Waals surface area contributed by atoms with Crippen LogP contribution in [0.5, 0.6) is 0 Å². The quantitative estimate of drug-likeness (QED) is 0.208. The first-order valence-electron chi connectivity index (χ1n) is 19.6. The Morgan fingerprint density at radius 1 is 0.980 bits per heavy atom. The van der Waals surface area contributed by atoms with Crippen LogP contribution >= 0.6 is 0 Å². The van der Waals surface area contributed by atoms with E-state index in [-0.39, 0.29) is 52.1 Å². The number of amides is 1. The van der Waals surface area contributed by atoms with Gasteiger partial charge in [-0.3, -0.25) is 19.4 Å². The van der Waals surface area contributed by atoms with Crippen molar-refractivity contribution >= 4 is 17.8 Å². The third-order valence-corrected chi connectivity index (χ3v) is 16.2. The summed E-state index contributed by atoms with van der Waals surface area (Å²) in [5.41, 5.74) is 1.30. The van der Waals surface area contributed by atoms with E-state index in [1.807, 2.05) is 25.1 Å². The fraction of sp³-hybridized carbons (Fsp3) is 0.767. The van der Waals surface area contributed by atoms with Crippen LogP contribution in [0.4, 0.5) is 0 Å². The number of allylic oxidation sites excluding steroid dienone is 1. The molecule has 12 atom stereocenters. The molecule has 5 aliphatic rings. The van der Waals surface area contributed by atoms with Crippen LogP contribution in [-0.4, -0.2) is 34.0 Å². The molecule has 1 amide bonds. The van der Waals surface area contributed by atoms with E-state index in [1.165, 1.54) is 24.8 Å². The zero-order valence-electron chi connectivity index (χ0n) is 32.3. The lowest BCUT2D eigenvalue weighted by molar-refractivity contribution is -0.245. The lowest BCUT2D eigenvalue weighted by Crippen LogP contribution is -2.66. The van der Waals surface area contributed by atoms with Crippen molar-refractivity contribution < 1.29 is 24.2 Å². The molecule has 5 fully saturated rings. The van der Waals surface area contributed by atoms with Crippen LogP contribution in [0.3, 0.4) is 0 Å². The van der Waals surface area contributed by atoms with Gasteiger partial charge >= 0.3 is 11.9 Å². The van der Waals surface area contributed by atoms with Crippen molar-refractivity contribution in [2.75, 3.05) is 0 Å². The Morgan fingerprint density at radius 3 is 2.32 bits per heavy atom. The lowest BCUT2D eigenvalue weighted by atomic mass is 9.33. The number of rotatable bonds is 8. The summed E-state index contributed by atoms with van der Waals surface area (Å²) in [4.78, 5) is 43.3. The Hall–Kier alpha value is -2.70. The monoisotopic (exact) mass is 688 g/mol. The van der Waals surface area contributed by atoms with Gasteiger partial charge in [0.2, 0.25) is 5.91 Å². The highest BCUT2D eigenvalue weighted by Gasteiger charge is 2.70. The molecule has 0 spiro atoms. The minimum Gasteiger partial charge on any atom is -0.481 e. The second-order valence-corrected chi connectivity index (χ2v) is 19.4. The van der Waals surface area contributed by atoms with Crippen LogP contribution in [0.15, 0.2) is 36.5 Å². The molecule has 2 unspecified atom stereocenters. The second-order valence-electron chi connectivity index (χ2n) is 19.4. The Bertz CT molecular complexity index is 1500. The first-order valence-corrected chi connectivity index (χ1v) is 19.6. The number of carbonyl (C=O) groups is 3. The molecule has 0 bridgehead atoms. The van der Waals surface area contributed by atoms with E-state index < -0.39 is 17.4 Å². The molecule has 5 aliphatic carbocycles. The van der Waals surface area contributed by atoms with E-state index in [9.17, 15) is 19.5 Å². The highest BCUT2D eigenvalue weighted by Crippen LogP contribution is 2.76. The Labute approximate surface area is 301 Å². The number of aliphatic carboxylic acids is 1. The standard InChI is InChI=1S/C43H64N2O5/c1-25(2)28-23-29(37(47)45-26(3)31-13-11-12-22-44-31)27-16-20-42(9)30(36(27)28)14-15-33-41(8)19-18-34(50-35(46)24-39(4,5)38(48)49)40(6,7)32(41)17-21-43(33,42)10/h11-13,22,26-30,32-34,36H,1,14-21,23-24H2,2-10H3,(H,45,47)(H,48,49)/t26?,27?,28-,29+,30+,32-,33+,34-,36+,41-,42+,43+/m0/s1. The number of carbonyl (C=O) groups excluding carboxylic acids is 2. The summed E-state index contributed by atoms with van der Waals surface area (Å²) < 4.78 is 6.17. The molecule has 1 aromatic rings. The number of carboxylic acids is 1. The van der Waals surface area contributed by atoms with Crippen LogP contribution in [0, 0.1) is 68.5 Å². The Morgan fingerprint density at radius 2 is 1.68 bits per heavy atom. The summed E-state index contributed by atoms with van der Waals surface area (Å²) in [7, 11) is 0. The van der Waals surface area contributed by atoms with Gasteiger partial charge in [-0.2, -0.15) is 0 Å². The molecule has 0 saturated heterocycles. The van der Waals surface area contributed by atoms with Gasteiger partial charge in [-0.05, 0) is 149 Å². The minimum atomic E-state index is -1.14. The van der Waals surface area contributed by atoms with E-state index in [0.29, 0.717) is 35.5 Å². The van der Waals surface area contributed by atoms with Crippen molar-refractivity contribution in [1.29, 1.82) is 0 Å². The van der Waals surface area contributed by atoms with Crippen molar-refractivity contribution in [1.82, 2.24) is 10.3 Å². The lowest BCUT2D eigenvalue weighted by Gasteiger charge is -2.72. The molecule has 0 radical (unpaired) electrons. The van der Waals surface area contributed by atoms with E-state index in [4.69, 9.17) is 4.74 Å². The number of fused-ring (bicyclic) bond motifs is 7. The van der Waals surface area contributed by atoms with Gasteiger partial charge < -0.3 is 15.2 Å². The van der Waals surface area contributed by atoms with Crippen molar-refractivity contribution in [2.45, 2.75) is 139 Å². The van der Waals surface area contributed by atoms with Gasteiger partial charge in [0.25, 0.3) is 0 Å². The smallest absolute Gasteiger partial charge is 0.309 e. The molecule has 276 valence electrons. The highest BCUT2D eigenvalue weighted by atomic mass is 16.5. The maximum absolute atomic E-state index is 14.0. The zero-order chi connectivity index (χ0) is 36.6. The predicted octanol–water partition coefficient (Wildman–Crippen LogP) is 9.19. The van der Waals surface area contributed by atoms with Crippen LogP contribution in [-0.2, 0) is 19.1 Å². The van der Waals surface area contributed by atoms with Crippen LogP contribution in [0.2, 0.25) is 0 Å². The topological polar surface area (TPSA) is 106 Å². The molecule has 2 N–H and O–H groups in total. The summed E-state index contributed by atoms with van der Waals surface area (Å²) in [6, 6.07) is 5.76. The molecule has 7 heteroatoms. The number of pyridine rings is 1. The van der Waals surface area contributed by atoms with Gasteiger partial charge in [-0.15, -0.1) is 0 Å². The first-order chi connectivity index (χ1) is 23.3. The average Bonchev–Trinajstić information content (AvgIpc) is 3.43. The number of carboxylic acid groups (broad SMARTS) is 1. The Kier molecular flexibility index (Phi) is 9.46. The minimum absolute atomic E-state index is 0.0102. The molecular weight excluding hydrogens is 624 g/mol. The van der Waals surface area contributed by atoms with Gasteiger partial charge in [0, 0.05) is 17.5 Å². The number of esters is 1. The second kappa shape index (κ2) is 12.8. The largest absolute Gasteiger partial charge is 0.481 e. The van der Waals surface area contributed by atoms with Gasteiger partial charge in [0.1, 0.15) is 6.10 Å². The van der Waals surface area contributed by atoms with Gasteiger partial charge in [0.15, 0.2) is 0 Å². The number of nitrogens with one attached hydrogen (secondary N) is 1. The van der Waals surface area contributed by atoms with Gasteiger partial charge in [-0.1, -0.05) is 52.8 Å². The number of ether oxygens (including phenoxy) is 1. The molecule has 6 rings (SSSR count). The SMILES string of the molecule is C=C(C)[C@@H]1C[C@@H](C(=O)NC(C)c2ccccn2)C2CC[C@]3(C)[C@H](CC[C@@H]4[C@@]5(C)CC[C@H](OC(=O)CC(C)(C)C(=O)O)C(C)(C)[C@@H]5CC[C@]43C)[C@H]21. The highest BCUT2D eigenvalue weighted by molar-refractivity contribution is 5.81. The van der Waals surface area contributed by atoms with Crippen molar-refractivity contribution in [2.24, 2.45) is 68.5 Å². The van der Waals surface area contributed by atoms with Crippen molar-refractivity contribution in [3.05, 3.63) is 42.2 Å². The van der Waals surface area contributed by atoms with Crippen molar-refractivity contribution in [3.8, 4) is 0 Å². The molecule has 1 aromatic heterocycles. The summed E-state index contributed by atoms with van der Waals surface area (Å²) in [6.07, 6.45) is 11.2. The average molecular weight is 689 g/mol. The fourth-order valence-electron chi connectivity index (χ4n) is 13.4. The summed E-state index contributed by atoms with van der Waals surface area (Å²) in [5.74, 6) is 1.63. The van der Waals surface area contributed by atoms with E-state index >= 15 is 0 Å². The number of hydrogen-bond acceptors (Lipinski definition) is 5. The summed E-state index contributed by atoms with van der Waals surface area (Å²) in [5, 5.41) is 12.9. The summed E-state index contributed by atoms with van der Waals surface area (Å²) in [6.45, 7) is 24.3. The molecular formula is C43H64N2O5. The zero-order valence-corrected chi connectivity index (χ0v) is 32.3. The fourth-order valence-corrected chi connectivity index (χ4v) is 13.4. The maximum Gasteiger partial charge on any atom is 0.309 e. The third-order valence-electron chi connectivity index (χ3n) is 16.2. The molecule has 1 heterocycles. The van der Waals surface area contributed by atoms with Gasteiger partial charge in [0.05, 0.1) is 23.6 Å². The molecule has 5 saturated carbocycles. The van der Waals surface area contributed by atoms with Crippen LogP contribution in [0.1, 0.15) is 138 Å². The van der Waals surface area contributed by atoms with Crippen molar-refractivity contribution in [3.63, 3.8) is 0 Å². The number of nitrogens with zero attached hydrogens (tertiary/aromatic N) is 1. The van der Waals surface area contributed by atoms with Crippen LogP contribution < -0.4 is 5.32 Å². The Balaban J connectivity index is 1.22. The molecule has 7 nitrogen and oxygen atoms in total. The first kappa shape index (κ1) is 37.1. The molecule has 0 aromatic carbocycles. The number of hydrogen-bond donors (Lipinski definition) is 2. The molecule has 0 aliphatic heterocycles.